The second-order valence-electron chi connectivity index (χ2n) is 4.59. The van der Waals surface area contributed by atoms with Crippen molar-refractivity contribution >= 4 is 17.3 Å². The SMILES string of the molecule is Cc1ccc(O)c(C(C)Nc2ccc(O)c(Cl)c2)c1. The van der Waals surface area contributed by atoms with Gasteiger partial charge in [-0.15, -0.1) is 0 Å². The molecule has 3 nitrogen and oxygen atoms in total. The van der Waals surface area contributed by atoms with Crippen molar-refractivity contribution in [1.29, 1.82) is 0 Å². The van der Waals surface area contributed by atoms with Crippen molar-refractivity contribution in [2.75, 3.05) is 5.32 Å². The number of benzene rings is 2. The first-order valence-electron chi connectivity index (χ1n) is 6.02. The fourth-order valence-corrected chi connectivity index (χ4v) is 2.13. The molecule has 0 saturated carbocycles. The van der Waals surface area contributed by atoms with E-state index < -0.39 is 0 Å². The molecule has 0 bridgehead atoms. The van der Waals surface area contributed by atoms with E-state index in [1.54, 1.807) is 18.2 Å². The third-order valence-electron chi connectivity index (χ3n) is 2.98. The van der Waals surface area contributed by atoms with E-state index in [1.807, 2.05) is 26.0 Å². The topological polar surface area (TPSA) is 52.5 Å². The number of rotatable bonds is 3. The van der Waals surface area contributed by atoms with Gasteiger partial charge in [0.1, 0.15) is 11.5 Å². The van der Waals surface area contributed by atoms with Crippen LogP contribution < -0.4 is 5.32 Å². The molecule has 0 spiro atoms. The van der Waals surface area contributed by atoms with E-state index in [0.717, 1.165) is 16.8 Å². The molecule has 2 aromatic rings. The minimum Gasteiger partial charge on any atom is -0.508 e. The molecular formula is C15H16ClNO2. The molecule has 0 aliphatic rings. The average Bonchev–Trinajstić information content (AvgIpc) is 2.36. The standard InChI is InChI=1S/C15H16ClNO2/c1-9-3-5-14(18)12(7-9)10(2)17-11-4-6-15(19)13(16)8-11/h3-8,10,17-19H,1-2H3. The van der Waals surface area contributed by atoms with Crippen LogP contribution in [0, 0.1) is 6.92 Å². The summed E-state index contributed by atoms with van der Waals surface area (Å²) in [6.45, 7) is 3.93. The highest BCUT2D eigenvalue weighted by Gasteiger charge is 2.11. The Kier molecular flexibility index (Phi) is 3.86. The van der Waals surface area contributed by atoms with Gasteiger partial charge in [0.15, 0.2) is 0 Å². The van der Waals surface area contributed by atoms with Crippen molar-refractivity contribution in [3.63, 3.8) is 0 Å². The van der Waals surface area contributed by atoms with Crippen LogP contribution >= 0.6 is 11.6 Å². The van der Waals surface area contributed by atoms with Gasteiger partial charge in [-0.3, -0.25) is 0 Å². The van der Waals surface area contributed by atoms with Gasteiger partial charge in [-0.05, 0) is 38.1 Å². The van der Waals surface area contributed by atoms with E-state index in [-0.39, 0.29) is 17.5 Å². The van der Waals surface area contributed by atoms with E-state index in [1.165, 1.54) is 6.07 Å². The van der Waals surface area contributed by atoms with Gasteiger partial charge in [-0.2, -0.15) is 0 Å². The molecule has 2 rings (SSSR count). The van der Waals surface area contributed by atoms with Gasteiger partial charge < -0.3 is 15.5 Å². The number of aryl methyl sites for hydroxylation is 1. The third kappa shape index (κ3) is 3.12. The van der Waals surface area contributed by atoms with Crippen LogP contribution in [-0.4, -0.2) is 10.2 Å². The van der Waals surface area contributed by atoms with Crippen LogP contribution in [-0.2, 0) is 0 Å². The minimum absolute atomic E-state index is 0.0540. The highest BCUT2D eigenvalue weighted by Crippen LogP contribution is 2.31. The highest BCUT2D eigenvalue weighted by molar-refractivity contribution is 6.32. The maximum atomic E-state index is 9.88. The summed E-state index contributed by atoms with van der Waals surface area (Å²) >= 11 is 5.86. The van der Waals surface area contributed by atoms with Crippen LogP contribution in [0.1, 0.15) is 24.1 Å². The van der Waals surface area contributed by atoms with Gasteiger partial charge in [0.25, 0.3) is 0 Å². The molecule has 19 heavy (non-hydrogen) atoms. The summed E-state index contributed by atoms with van der Waals surface area (Å²) in [5.74, 6) is 0.314. The van der Waals surface area contributed by atoms with Crippen molar-refractivity contribution in [2.24, 2.45) is 0 Å². The Morgan fingerprint density at radius 3 is 2.42 bits per heavy atom. The Morgan fingerprint density at radius 2 is 1.74 bits per heavy atom. The quantitative estimate of drug-likeness (QED) is 0.736. The Hall–Kier alpha value is -1.87. The molecule has 0 saturated heterocycles. The van der Waals surface area contributed by atoms with Gasteiger partial charge in [-0.1, -0.05) is 29.3 Å². The maximum absolute atomic E-state index is 9.88. The van der Waals surface area contributed by atoms with E-state index in [2.05, 4.69) is 5.32 Å². The summed E-state index contributed by atoms with van der Waals surface area (Å²) in [7, 11) is 0. The van der Waals surface area contributed by atoms with Crippen LogP contribution in [0.25, 0.3) is 0 Å². The van der Waals surface area contributed by atoms with Gasteiger partial charge in [0, 0.05) is 11.3 Å². The summed E-state index contributed by atoms with van der Waals surface area (Å²) in [5, 5.41) is 22.8. The number of hydrogen-bond acceptors (Lipinski definition) is 3. The molecule has 0 fully saturated rings. The molecule has 1 unspecified atom stereocenters. The van der Waals surface area contributed by atoms with Gasteiger partial charge in [0.2, 0.25) is 0 Å². The first kappa shape index (κ1) is 13.6. The van der Waals surface area contributed by atoms with Crippen LogP contribution in [0.3, 0.4) is 0 Å². The lowest BCUT2D eigenvalue weighted by Gasteiger charge is -2.17. The Bertz CT molecular complexity index is 599. The smallest absolute Gasteiger partial charge is 0.134 e. The summed E-state index contributed by atoms with van der Waals surface area (Å²) in [4.78, 5) is 0. The fraction of sp³-hybridized carbons (Fsp3) is 0.200. The number of aromatic hydroxyl groups is 2. The number of hydrogen-bond donors (Lipinski definition) is 3. The molecule has 0 radical (unpaired) electrons. The second-order valence-corrected chi connectivity index (χ2v) is 5.00. The number of halogens is 1. The van der Waals surface area contributed by atoms with Gasteiger partial charge in [-0.25, -0.2) is 0 Å². The maximum Gasteiger partial charge on any atom is 0.134 e. The summed E-state index contributed by atoms with van der Waals surface area (Å²) < 4.78 is 0. The molecule has 3 N–H and O–H groups in total. The second kappa shape index (κ2) is 5.41. The largest absolute Gasteiger partial charge is 0.508 e. The van der Waals surface area contributed by atoms with Crippen LogP contribution in [0.2, 0.25) is 5.02 Å². The van der Waals surface area contributed by atoms with Gasteiger partial charge in [0.05, 0.1) is 11.1 Å². The van der Waals surface area contributed by atoms with Crippen molar-refractivity contribution in [3.8, 4) is 11.5 Å². The van der Waals surface area contributed by atoms with Crippen LogP contribution in [0.5, 0.6) is 11.5 Å². The van der Waals surface area contributed by atoms with E-state index in [0.29, 0.717) is 5.02 Å². The zero-order chi connectivity index (χ0) is 14.0. The van der Waals surface area contributed by atoms with Crippen LogP contribution in [0.4, 0.5) is 5.69 Å². The molecule has 100 valence electrons. The highest BCUT2D eigenvalue weighted by atomic mass is 35.5. The molecule has 2 aromatic carbocycles. The molecule has 0 aromatic heterocycles. The molecule has 1 atom stereocenters. The lowest BCUT2D eigenvalue weighted by Crippen LogP contribution is -2.07. The number of phenols is 2. The first-order chi connectivity index (χ1) is 8.97. The van der Waals surface area contributed by atoms with Crippen molar-refractivity contribution in [3.05, 3.63) is 52.5 Å². The normalized spacial score (nSPS) is 12.2. The fourth-order valence-electron chi connectivity index (χ4n) is 1.95. The Labute approximate surface area is 117 Å². The van der Waals surface area contributed by atoms with E-state index in [9.17, 15) is 10.2 Å². The number of anilines is 1. The summed E-state index contributed by atoms with van der Waals surface area (Å²) in [6, 6.07) is 10.4. The molecule has 0 amide bonds. The third-order valence-corrected chi connectivity index (χ3v) is 3.28. The molecule has 4 heteroatoms. The zero-order valence-electron chi connectivity index (χ0n) is 10.8. The average molecular weight is 278 g/mol. The number of nitrogens with one attached hydrogen (secondary N) is 1. The molecular weight excluding hydrogens is 262 g/mol. The van der Waals surface area contributed by atoms with E-state index >= 15 is 0 Å². The first-order valence-corrected chi connectivity index (χ1v) is 6.39. The Morgan fingerprint density at radius 1 is 1.05 bits per heavy atom. The monoisotopic (exact) mass is 277 g/mol. The van der Waals surface area contributed by atoms with Crippen molar-refractivity contribution < 1.29 is 10.2 Å². The Balaban J connectivity index is 2.22. The lowest BCUT2D eigenvalue weighted by molar-refractivity contribution is 0.465. The van der Waals surface area contributed by atoms with Crippen molar-refractivity contribution in [2.45, 2.75) is 19.9 Å². The van der Waals surface area contributed by atoms with Crippen molar-refractivity contribution in [1.82, 2.24) is 0 Å². The summed E-state index contributed by atoms with van der Waals surface area (Å²) in [6.07, 6.45) is 0. The number of phenolic OH excluding ortho intramolecular Hbond substituents is 2. The van der Waals surface area contributed by atoms with Crippen LogP contribution in [0.15, 0.2) is 36.4 Å². The molecule has 0 heterocycles. The molecule has 0 aliphatic heterocycles. The minimum atomic E-state index is -0.0690. The van der Waals surface area contributed by atoms with E-state index in [4.69, 9.17) is 11.6 Å². The predicted octanol–water partition coefficient (Wildman–Crippen LogP) is 4.23. The molecule has 0 aliphatic carbocycles. The summed E-state index contributed by atoms with van der Waals surface area (Å²) in [5.41, 5.74) is 2.70. The van der Waals surface area contributed by atoms with Gasteiger partial charge >= 0.3 is 0 Å². The predicted molar refractivity (Wildman–Crippen MR) is 78.0 cm³/mol. The lowest BCUT2D eigenvalue weighted by atomic mass is 10.0. The zero-order valence-corrected chi connectivity index (χ0v) is 11.6.